The molecule has 4 atom stereocenters. The minimum absolute atomic E-state index is 0.336. The van der Waals surface area contributed by atoms with Gasteiger partial charge in [0.25, 0.3) is 0 Å². The molecular formula is C16H29N5. The van der Waals surface area contributed by atoms with Gasteiger partial charge in [0.2, 0.25) is 0 Å². The quantitative estimate of drug-likeness (QED) is 0.645. The minimum atomic E-state index is 0.336. The highest BCUT2D eigenvalue weighted by Crippen LogP contribution is 2.43. The van der Waals surface area contributed by atoms with Gasteiger partial charge in [-0.15, -0.1) is 0 Å². The maximum atomic E-state index is 5.87. The van der Waals surface area contributed by atoms with Gasteiger partial charge in [0, 0.05) is 19.0 Å². The predicted molar refractivity (Wildman–Crippen MR) is 83.3 cm³/mol. The second-order valence-corrected chi connectivity index (χ2v) is 6.85. The van der Waals surface area contributed by atoms with E-state index in [-0.39, 0.29) is 0 Å². The number of nitrogens with zero attached hydrogens (tertiary/aromatic N) is 3. The van der Waals surface area contributed by atoms with Gasteiger partial charge in [-0.3, -0.25) is 16.0 Å². The number of fused-ring (bicyclic) bond motifs is 1. The Morgan fingerprint density at radius 1 is 1.29 bits per heavy atom. The third kappa shape index (κ3) is 3.29. The molecule has 5 nitrogen and oxygen atoms in total. The highest BCUT2D eigenvalue weighted by molar-refractivity contribution is 4.94. The van der Waals surface area contributed by atoms with Crippen LogP contribution in [0.5, 0.6) is 0 Å². The molecule has 5 heteroatoms. The fourth-order valence-electron chi connectivity index (χ4n) is 4.54. The van der Waals surface area contributed by atoms with Crippen LogP contribution in [0.3, 0.4) is 0 Å². The first-order valence-electron chi connectivity index (χ1n) is 8.64. The molecule has 0 radical (unpaired) electrons. The summed E-state index contributed by atoms with van der Waals surface area (Å²) in [5.41, 5.74) is 3.08. The van der Waals surface area contributed by atoms with Crippen molar-refractivity contribution in [3.8, 4) is 0 Å². The van der Waals surface area contributed by atoms with Crippen LogP contribution in [0.2, 0.25) is 0 Å². The van der Waals surface area contributed by atoms with E-state index in [9.17, 15) is 0 Å². The topological polar surface area (TPSA) is 68.8 Å². The first-order chi connectivity index (χ1) is 10.3. The van der Waals surface area contributed by atoms with Crippen molar-refractivity contribution in [3.63, 3.8) is 0 Å². The molecule has 0 aliphatic heterocycles. The first kappa shape index (κ1) is 15.0. The van der Waals surface area contributed by atoms with Crippen LogP contribution in [0.25, 0.3) is 0 Å². The lowest BCUT2D eigenvalue weighted by molar-refractivity contribution is 0.108. The summed E-state index contributed by atoms with van der Waals surface area (Å²) in [5, 5.41) is 4.27. The van der Waals surface area contributed by atoms with Crippen LogP contribution < -0.4 is 11.3 Å². The Morgan fingerprint density at radius 2 is 2.10 bits per heavy atom. The van der Waals surface area contributed by atoms with Crippen LogP contribution in [-0.2, 0) is 13.0 Å². The predicted octanol–water partition coefficient (Wildman–Crippen LogP) is 2.28. The van der Waals surface area contributed by atoms with Crippen molar-refractivity contribution in [2.45, 2.75) is 70.9 Å². The van der Waals surface area contributed by atoms with E-state index in [1.165, 1.54) is 44.9 Å². The Bertz CT molecular complexity index is 444. The highest BCUT2D eigenvalue weighted by Gasteiger charge is 2.35. The number of rotatable bonds is 5. The zero-order chi connectivity index (χ0) is 14.7. The molecule has 0 aromatic carbocycles. The number of hydrogen-bond donors (Lipinski definition) is 2. The number of aryl methyl sites for hydroxylation is 1. The molecule has 118 valence electrons. The fraction of sp³-hybridized carbons (Fsp3) is 0.875. The molecule has 3 rings (SSSR count). The summed E-state index contributed by atoms with van der Waals surface area (Å²) >= 11 is 0. The summed E-state index contributed by atoms with van der Waals surface area (Å²) in [4.78, 5) is 4.41. The molecule has 2 aliphatic rings. The van der Waals surface area contributed by atoms with E-state index in [0.717, 1.165) is 30.6 Å². The lowest BCUT2D eigenvalue weighted by Crippen LogP contribution is -2.46. The summed E-state index contributed by atoms with van der Waals surface area (Å²) in [5.74, 6) is 9.56. The Balaban J connectivity index is 1.63. The molecular weight excluding hydrogens is 262 g/mol. The van der Waals surface area contributed by atoms with Crippen molar-refractivity contribution >= 4 is 0 Å². The Morgan fingerprint density at radius 3 is 2.86 bits per heavy atom. The monoisotopic (exact) mass is 291 g/mol. The smallest absolute Gasteiger partial charge is 0.138 e. The van der Waals surface area contributed by atoms with Gasteiger partial charge in [0.1, 0.15) is 12.2 Å². The zero-order valence-corrected chi connectivity index (χ0v) is 13.2. The van der Waals surface area contributed by atoms with Crippen molar-refractivity contribution in [2.24, 2.45) is 23.6 Å². The number of hydrazine groups is 1. The summed E-state index contributed by atoms with van der Waals surface area (Å²) in [6, 6.07) is 0.336. The van der Waals surface area contributed by atoms with Crippen LogP contribution in [0.4, 0.5) is 0 Å². The van der Waals surface area contributed by atoms with E-state index < -0.39 is 0 Å². The van der Waals surface area contributed by atoms with Gasteiger partial charge in [-0.05, 0) is 43.9 Å². The lowest BCUT2D eigenvalue weighted by atomic mass is 9.66. The maximum absolute atomic E-state index is 5.87. The number of nitrogens with two attached hydrogens (primary N) is 1. The molecule has 0 bridgehead atoms. The molecule has 2 fully saturated rings. The first-order valence-corrected chi connectivity index (χ1v) is 8.64. The van der Waals surface area contributed by atoms with Gasteiger partial charge in [0.15, 0.2) is 0 Å². The number of hydrogen-bond acceptors (Lipinski definition) is 4. The van der Waals surface area contributed by atoms with Gasteiger partial charge >= 0.3 is 0 Å². The molecule has 0 saturated heterocycles. The summed E-state index contributed by atoms with van der Waals surface area (Å²) in [7, 11) is 0. The van der Waals surface area contributed by atoms with Gasteiger partial charge in [-0.2, -0.15) is 5.10 Å². The van der Waals surface area contributed by atoms with Crippen LogP contribution >= 0.6 is 0 Å². The average molecular weight is 291 g/mol. The Kier molecular flexibility index (Phi) is 4.91. The molecule has 4 unspecified atom stereocenters. The second-order valence-electron chi connectivity index (χ2n) is 6.85. The molecule has 1 heterocycles. The van der Waals surface area contributed by atoms with Gasteiger partial charge < -0.3 is 0 Å². The van der Waals surface area contributed by atoms with Gasteiger partial charge in [-0.1, -0.05) is 25.7 Å². The van der Waals surface area contributed by atoms with E-state index in [1.54, 1.807) is 6.33 Å². The fourth-order valence-corrected chi connectivity index (χ4v) is 4.54. The molecule has 21 heavy (non-hydrogen) atoms. The van der Waals surface area contributed by atoms with Crippen LogP contribution in [-0.4, -0.2) is 20.8 Å². The molecule has 3 N–H and O–H groups in total. The van der Waals surface area contributed by atoms with E-state index >= 15 is 0 Å². The van der Waals surface area contributed by atoms with Crippen molar-refractivity contribution in [3.05, 3.63) is 12.2 Å². The standard InChI is InChI=1S/C16H29N5/c1-2-21-16(18-11-19-21)10-15(20-17)14-8-7-12-5-3-4-6-13(12)9-14/h11-15,20H,2-10,17H2,1H3. The van der Waals surface area contributed by atoms with Crippen molar-refractivity contribution in [1.82, 2.24) is 20.2 Å². The molecule has 1 aromatic heterocycles. The maximum Gasteiger partial charge on any atom is 0.138 e. The van der Waals surface area contributed by atoms with Gasteiger partial charge in [-0.25, -0.2) is 4.98 Å². The van der Waals surface area contributed by atoms with Crippen LogP contribution in [0.15, 0.2) is 6.33 Å². The Labute approximate surface area is 127 Å². The van der Waals surface area contributed by atoms with Gasteiger partial charge in [0.05, 0.1) is 0 Å². The van der Waals surface area contributed by atoms with Crippen molar-refractivity contribution in [2.75, 3.05) is 0 Å². The molecule has 2 saturated carbocycles. The van der Waals surface area contributed by atoms with Crippen molar-refractivity contribution < 1.29 is 0 Å². The highest BCUT2D eigenvalue weighted by atomic mass is 15.3. The van der Waals surface area contributed by atoms with Crippen LogP contribution in [0.1, 0.15) is 57.7 Å². The van der Waals surface area contributed by atoms with E-state index in [2.05, 4.69) is 22.4 Å². The van der Waals surface area contributed by atoms with Crippen molar-refractivity contribution in [1.29, 1.82) is 0 Å². The molecule has 0 spiro atoms. The third-order valence-electron chi connectivity index (χ3n) is 5.76. The van der Waals surface area contributed by atoms with Crippen LogP contribution in [0, 0.1) is 17.8 Å². The molecule has 1 aromatic rings. The SMILES string of the molecule is CCn1ncnc1CC(NN)C1CCC2CCCCC2C1. The second kappa shape index (κ2) is 6.88. The Hall–Kier alpha value is -0.940. The summed E-state index contributed by atoms with van der Waals surface area (Å²) in [6.45, 7) is 2.98. The molecule has 2 aliphatic carbocycles. The number of aromatic nitrogens is 3. The summed E-state index contributed by atoms with van der Waals surface area (Å²) in [6.07, 6.45) is 12.4. The third-order valence-corrected chi connectivity index (χ3v) is 5.76. The van der Waals surface area contributed by atoms with E-state index in [1.807, 2.05) is 4.68 Å². The normalized spacial score (nSPS) is 30.9. The average Bonchev–Trinajstić information content (AvgIpc) is 2.99. The number of nitrogens with one attached hydrogen (secondary N) is 1. The lowest BCUT2D eigenvalue weighted by Gasteiger charge is -2.41. The summed E-state index contributed by atoms with van der Waals surface area (Å²) < 4.78 is 1.98. The molecule has 0 amide bonds. The van der Waals surface area contributed by atoms with E-state index in [0.29, 0.717) is 12.0 Å². The van der Waals surface area contributed by atoms with E-state index in [4.69, 9.17) is 5.84 Å². The minimum Gasteiger partial charge on any atom is -0.271 e. The largest absolute Gasteiger partial charge is 0.271 e. The zero-order valence-electron chi connectivity index (χ0n) is 13.2.